The average Bonchev–Trinajstić information content (AvgIpc) is 3.02. The molecule has 0 saturated carbocycles. The van der Waals surface area contributed by atoms with Gasteiger partial charge in [0.25, 0.3) is 0 Å². The zero-order chi connectivity index (χ0) is 16.0. The minimum atomic E-state index is 0.309. The van der Waals surface area contributed by atoms with Gasteiger partial charge in [0, 0.05) is 5.92 Å². The summed E-state index contributed by atoms with van der Waals surface area (Å²) in [5.74, 6) is 3.33. The molecule has 0 saturated heterocycles. The molecular weight excluding hydrogens is 288 g/mol. The fourth-order valence-corrected chi connectivity index (χ4v) is 3.56. The molecule has 0 aromatic heterocycles. The third-order valence-electron chi connectivity index (χ3n) is 4.99. The summed E-state index contributed by atoms with van der Waals surface area (Å²) in [6.45, 7) is 4.80. The van der Waals surface area contributed by atoms with E-state index in [0.717, 1.165) is 17.2 Å². The molecule has 23 heavy (non-hydrogen) atoms. The van der Waals surface area contributed by atoms with E-state index in [0.29, 0.717) is 18.6 Å². The van der Waals surface area contributed by atoms with Crippen LogP contribution in [0.25, 0.3) is 6.08 Å². The van der Waals surface area contributed by atoms with E-state index in [9.17, 15) is 0 Å². The fraction of sp³-hybridized carbons (Fsp3) is 0.300. The Kier molecular flexibility index (Phi) is 3.29. The Morgan fingerprint density at radius 2 is 1.74 bits per heavy atom. The SMILES string of the molecule is COc1ccc(C2c3cc4c(cc3C=C(C)C2C)OCO4)cc1. The lowest BCUT2D eigenvalue weighted by atomic mass is 9.73. The van der Waals surface area contributed by atoms with E-state index in [1.165, 1.54) is 22.3 Å². The van der Waals surface area contributed by atoms with Crippen molar-refractivity contribution in [3.63, 3.8) is 0 Å². The van der Waals surface area contributed by atoms with Crippen molar-refractivity contribution in [3.8, 4) is 17.2 Å². The van der Waals surface area contributed by atoms with Gasteiger partial charge in [-0.25, -0.2) is 0 Å². The molecule has 1 aliphatic heterocycles. The van der Waals surface area contributed by atoms with Crippen LogP contribution in [0.1, 0.15) is 36.5 Å². The monoisotopic (exact) mass is 308 g/mol. The quantitative estimate of drug-likeness (QED) is 0.811. The zero-order valence-electron chi connectivity index (χ0n) is 13.6. The van der Waals surface area contributed by atoms with Crippen LogP contribution in [0.15, 0.2) is 42.0 Å². The second-order valence-electron chi connectivity index (χ2n) is 6.26. The molecule has 3 nitrogen and oxygen atoms in total. The van der Waals surface area contributed by atoms with Gasteiger partial charge in [-0.2, -0.15) is 0 Å². The molecule has 0 radical (unpaired) electrons. The Balaban J connectivity index is 1.84. The molecule has 1 heterocycles. The van der Waals surface area contributed by atoms with Gasteiger partial charge in [-0.3, -0.25) is 0 Å². The highest BCUT2D eigenvalue weighted by Crippen LogP contribution is 2.47. The molecule has 1 aliphatic carbocycles. The number of hydrogen-bond donors (Lipinski definition) is 0. The molecule has 118 valence electrons. The molecule has 4 rings (SSSR count). The summed E-state index contributed by atoms with van der Waals surface area (Å²) >= 11 is 0. The maximum Gasteiger partial charge on any atom is 0.231 e. The highest BCUT2D eigenvalue weighted by Gasteiger charge is 2.30. The van der Waals surface area contributed by atoms with E-state index in [1.54, 1.807) is 7.11 Å². The maximum absolute atomic E-state index is 5.58. The van der Waals surface area contributed by atoms with E-state index in [4.69, 9.17) is 14.2 Å². The Morgan fingerprint density at radius 3 is 2.43 bits per heavy atom. The summed E-state index contributed by atoms with van der Waals surface area (Å²) in [5, 5.41) is 0. The standard InChI is InChI=1S/C20H20O3/c1-12-8-15-9-18-19(23-11-22-18)10-17(15)20(13(12)2)14-4-6-16(21-3)7-5-14/h4-10,13,20H,11H2,1-3H3. The van der Waals surface area contributed by atoms with Crippen LogP contribution in [-0.4, -0.2) is 13.9 Å². The van der Waals surface area contributed by atoms with Crippen molar-refractivity contribution in [1.82, 2.24) is 0 Å². The lowest BCUT2D eigenvalue weighted by Crippen LogP contribution is -2.17. The summed E-state index contributed by atoms with van der Waals surface area (Å²) in [6, 6.07) is 12.6. The van der Waals surface area contributed by atoms with Crippen LogP contribution >= 0.6 is 0 Å². The van der Waals surface area contributed by atoms with Crippen molar-refractivity contribution in [1.29, 1.82) is 0 Å². The molecule has 0 N–H and O–H groups in total. The highest BCUT2D eigenvalue weighted by atomic mass is 16.7. The van der Waals surface area contributed by atoms with Gasteiger partial charge in [-0.05, 0) is 53.8 Å². The summed E-state index contributed by atoms with van der Waals surface area (Å²) in [7, 11) is 1.70. The predicted molar refractivity (Wildman–Crippen MR) is 90.2 cm³/mol. The first kappa shape index (κ1) is 14.2. The van der Waals surface area contributed by atoms with Crippen LogP contribution in [0.3, 0.4) is 0 Å². The first-order valence-electron chi connectivity index (χ1n) is 7.93. The minimum Gasteiger partial charge on any atom is -0.497 e. The molecule has 2 aliphatic rings. The number of benzene rings is 2. The molecule has 2 atom stereocenters. The van der Waals surface area contributed by atoms with E-state index in [-0.39, 0.29) is 0 Å². The van der Waals surface area contributed by atoms with Crippen LogP contribution in [0.4, 0.5) is 0 Å². The van der Waals surface area contributed by atoms with Crippen molar-refractivity contribution in [3.05, 3.63) is 58.7 Å². The molecular formula is C20H20O3. The Hall–Kier alpha value is -2.42. The summed E-state index contributed by atoms with van der Waals surface area (Å²) < 4.78 is 16.4. The third-order valence-corrected chi connectivity index (χ3v) is 4.99. The van der Waals surface area contributed by atoms with Gasteiger partial charge in [0.05, 0.1) is 7.11 Å². The van der Waals surface area contributed by atoms with Crippen LogP contribution in [0, 0.1) is 5.92 Å². The van der Waals surface area contributed by atoms with Crippen LogP contribution in [0.5, 0.6) is 17.2 Å². The first-order valence-corrected chi connectivity index (χ1v) is 7.93. The van der Waals surface area contributed by atoms with E-state index in [2.05, 4.69) is 44.2 Å². The van der Waals surface area contributed by atoms with Crippen molar-refractivity contribution in [2.24, 2.45) is 5.92 Å². The number of fused-ring (bicyclic) bond motifs is 2. The number of rotatable bonds is 2. The molecule has 3 heteroatoms. The topological polar surface area (TPSA) is 27.7 Å². The fourth-order valence-electron chi connectivity index (χ4n) is 3.56. The van der Waals surface area contributed by atoms with Gasteiger partial charge in [0.2, 0.25) is 6.79 Å². The van der Waals surface area contributed by atoms with Gasteiger partial charge >= 0.3 is 0 Å². The van der Waals surface area contributed by atoms with Crippen molar-refractivity contribution < 1.29 is 14.2 Å². The molecule has 0 spiro atoms. The van der Waals surface area contributed by atoms with Gasteiger partial charge in [0.1, 0.15) is 5.75 Å². The lowest BCUT2D eigenvalue weighted by Gasteiger charge is -2.31. The van der Waals surface area contributed by atoms with Crippen LogP contribution in [-0.2, 0) is 0 Å². The third kappa shape index (κ3) is 2.27. The molecule has 2 aromatic carbocycles. The molecule has 0 amide bonds. The van der Waals surface area contributed by atoms with Crippen molar-refractivity contribution in [2.45, 2.75) is 19.8 Å². The number of ether oxygens (including phenoxy) is 3. The van der Waals surface area contributed by atoms with Gasteiger partial charge in [0.15, 0.2) is 11.5 Å². The number of hydrogen-bond acceptors (Lipinski definition) is 3. The Morgan fingerprint density at radius 1 is 1.04 bits per heavy atom. The van der Waals surface area contributed by atoms with Crippen LogP contribution < -0.4 is 14.2 Å². The molecule has 0 fully saturated rings. The second-order valence-corrected chi connectivity index (χ2v) is 6.26. The lowest BCUT2D eigenvalue weighted by molar-refractivity contribution is 0.174. The maximum atomic E-state index is 5.58. The summed E-state index contributed by atoms with van der Waals surface area (Å²) in [6.07, 6.45) is 2.27. The van der Waals surface area contributed by atoms with Crippen molar-refractivity contribution >= 4 is 6.08 Å². The molecule has 2 aromatic rings. The second kappa shape index (κ2) is 5.34. The number of allylic oxidation sites excluding steroid dienone is 1. The van der Waals surface area contributed by atoms with Crippen molar-refractivity contribution in [2.75, 3.05) is 13.9 Å². The Labute approximate surface area is 136 Å². The zero-order valence-corrected chi connectivity index (χ0v) is 13.6. The van der Waals surface area contributed by atoms with E-state index < -0.39 is 0 Å². The van der Waals surface area contributed by atoms with E-state index >= 15 is 0 Å². The Bertz CT molecular complexity index is 774. The molecule has 2 unspecified atom stereocenters. The first-order chi connectivity index (χ1) is 11.2. The highest BCUT2D eigenvalue weighted by molar-refractivity contribution is 5.67. The van der Waals surface area contributed by atoms with Gasteiger partial charge in [-0.1, -0.05) is 30.7 Å². The van der Waals surface area contributed by atoms with Crippen LogP contribution in [0.2, 0.25) is 0 Å². The van der Waals surface area contributed by atoms with Gasteiger partial charge < -0.3 is 14.2 Å². The smallest absolute Gasteiger partial charge is 0.231 e. The van der Waals surface area contributed by atoms with Gasteiger partial charge in [-0.15, -0.1) is 0 Å². The largest absolute Gasteiger partial charge is 0.497 e. The predicted octanol–water partition coefficient (Wildman–Crippen LogP) is 4.61. The summed E-state index contributed by atoms with van der Waals surface area (Å²) in [5.41, 5.74) is 5.21. The molecule has 0 bridgehead atoms. The normalized spacial score (nSPS) is 21.6. The van der Waals surface area contributed by atoms with E-state index in [1.807, 2.05) is 12.1 Å². The number of methoxy groups -OCH3 is 1. The average molecular weight is 308 g/mol. The minimum absolute atomic E-state index is 0.309. The summed E-state index contributed by atoms with van der Waals surface area (Å²) in [4.78, 5) is 0.